The summed E-state index contributed by atoms with van der Waals surface area (Å²) in [6.07, 6.45) is 0.847. The molecule has 0 amide bonds. The minimum Gasteiger partial charge on any atom is -0.508 e. The normalized spacial score (nSPS) is 9.62. The van der Waals surface area contributed by atoms with Gasteiger partial charge in [0.15, 0.2) is 0 Å². The number of aromatic hydroxyl groups is 1. The molecule has 0 saturated heterocycles. The standard InChI is InChI=1S/C14H12O3.C8H8O/c1-10-2-4-11(5-3-10)14(16)17-13-8-6-12(15)7-9-13;1-7-2-4-8(6-9)5-3-7/h2-9,15H,1H3;2-6H,1H3. The zero-order chi connectivity index (χ0) is 18.9. The van der Waals surface area contributed by atoms with Gasteiger partial charge in [0.05, 0.1) is 5.56 Å². The Labute approximate surface area is 152 Å². The van der Waals surface area contributed by atoms with E-state index in [1.807, 2.05) is 50.2 Å². The second-order valence-corrected chi connectivity index (χ2v) is 5.78. The summed E-state index contributed by atoms with van der Waals surface area (Å²) in [6.45, 7) is 3.95. The fraction of sp³-hybridized carbons (Fsp3) is 0.0909. The third-order valence-electron chi connectivity index (χ3n) is 3.55. The number of esters is 1. The van der Waals surface area contributed by atoms with Crippen LogP contribution in [0.2, 0.25) is 0 Å². The van der Waals surface area contributed by atoms with E-state index < -0.39 is 5.97 Å². The van der Waals surface area contributed by atoms with E-state index in [1.165, 1.54) is 17.7 Å². The molecule has 0 aromatic heterocycles. The smallest absolute Gasteiger partial charge is 0.343 e. The maximum absolute atomic E-state index is 11.7. The van der Waals surface area contributed by atoms with Gasteiger partial charge >= 0.3 is 5.97 Å². The van der Waals surface area contributed by atoms with Crippen LogP contribution < -0.4 is 4.74 Å². The molecule has 0 spiro atoms. The zero-order valence-corrected chi connectivity index (χ0v) is 14.7. The minimum absolute atomic E-state index is 0.139. The van der Waals surface area contributed by atoms with Crippen molar-refractivity contribution >= 4 is 12.3 Å². The number of hydrogen-bond acceptors (Lipinski definition) is 4. The molecule has 0 aliphatic heterocycles. The lowest BCUT2D eigenvalue weighted by Gasteiger charge is -2.04. The summed E-state index contributed by atoms with van der Waals surface area (Å²) < 4.78 is 5.15. The second kappa shape index (κ2) is 9.18. The van der Waals surface area contributed by atoms with Crippen LogP contribution in [0.4, 0.5) is 0 Å². The molecule has 0 saturated carbocycles. The van der Waals surface area contributed by atoms with Crippen molar-refractivity contribution in [2.24, 2.45) is 0 Å². The topological polar surface area (TPSA) is 63.6 Å². The van der Waals surface area contributed by atoms with Crippen LogP contribution >= 0.6 is 0 Å². The molecule has 0 atom stereocenters. The van der Waals surface area contributed by atoms with Gasteiger partial charge in [0.25, 0.3) is 0 Å². The second-order valence-electron chi connectivity index (χ2n) is 5.78. The molecule has 1 N–H and O–H groups in total. The molecule has 0 aliphatic carbocycles. The number of carbonyl (C=O) groups excluding carboxylic acids is 2. The molecule has 0 radical (unpaired) electrons. The Balaban J connectivity index is 0.000000228. The van der Waals surface area contributed by atoms with Crippen LogP contribution in [-0.4, -0.2) is 17.4 Å². The fourth-order valence-electron chi connectivity index (χ4n) is 2.01. The van der Waals surface area contributed by atoms with Gasteiger partial charge in [-0.2, -0.15) is 0 Å². The number of rotatable bonds is 3. The predicted molar refractivity (Wildman–Crippen MR) is 101 cm³/mol. The molecule has 26 heavy (non-hydrogen) atoms. The van der Waals surface area contributed by atoms with Crippen LogP contribution in [0.3, 0.4) is 0 Å². The number of benzene rings is 3. The lowest BCUT2D eigenvalue weighted by atomic mass is 10.1. The highest BCUT2D eigenvalue weighted by atomic mass is 16.5. The van der Waals surface area contributed by atoms with Gasteiger partial charge in [-0.25, -0.2) is 4.79 Å². The number of phenolic OH excluding ortho intramolecular Hbond substituents is 1. The fourth-order valence-corrected chi connectivity index (χ4v) is 2.01. The number of carbonyl (C=O) groups is 2. The Bertz CT molecular complexity index is 848. The summed E-state index contributed by atoms with van der Waals surface area (Å²) in [5.74, 6) is 0.143. The molecule has 0 fully saturated rings. The first-order chi connectivity index (χ1) is 12.5. The van der Waals surface area contributed by atoms with E-state index in [-0.39, 0.29) is 5.75 Å². The van der Waals surface area contributed by atoms with E-state index in [4.69, 9.17) is 9.84 Å². The maximum Gasteiger partial charge on any atom is 0.343 e. The molecule has 132 valence electrons. The molecule has 3 aromatic rings. The lowest BCUT2D eigenvalue weighted by Crippen LogP contribution is -2.08. The van der Waals surface area contributed by atoms with Gasteiger partial charge in [-0.05, 0) is 50.2 Å². The third-order valence-corrected chi connectivity index (χ3v) is 3.55. The van der Waals surface area contributed by atoms with E-state index >= 15 is 0 Å². The van der Waals surface area contributed by atoms with E-state index in [0.717, 1.165) is 17.4 Å². The molecule has 4 nitrogen and oxygen atoms in total. The van der Waals surface area contributed by atoms with Gasteiger partial charge in [-0.1, -0.05) is 47.5 Å². The molecule has 0 unspecified atom stereocenters. The summed E-state index contributed by atoms with van der Waals surface area (Å²) in [5.41, 5.74) is 3.51. The third kappa shape index (κ3) is 5.91. The van der Waals surface area contributed by atoms with Gasteiger partial charge < -0.3 is 9.84 Å². The van der Waals surface area contributed by atoms with Crippen molar-refractivity contribution in [3.05, 3.63) is 95.1 Å². The molecule has 0 bridgehead atoms. The average molecular weight is 348 g/mol. The Morgan fingerprint density at radius 3 is 1.81 bits per heavy atom. The van der Waals surface area contributed by atoms with E-state index in [0.29, 0.717) is 11.3 Å². The summed E-state index contributed by atoms with van der Waals surface area (Å²) >= 11 is 0. The first-order valence-electron chi connectivity index (χ1n) is 8.07. The van der Waals surface area contributed by atoms with Crippen LogP contribution in [0, 0.1) is 13.8 Å². The quantitative estimate of drug-likeness (QED) is 0.422. The SMILES string of the molecule is Cc1ccc(C(=O)Oc2ccc(O)cc2)cc1.Cc1ccc(C=O)cc1. The Morgan fingerprint density at radius 2 is 1.31 bits per heavy atom. The monoisotopic (exact) mass is 348 g/mol. The van der Waals surface area contributed by atoms with Crippen molar-refractivity contribution in [2.45, 2.75) is 13.8 Å². The Morgan fingerprint density at radius 1 is 0.808 bits per heavy atom. The van der Waals surface area contributed by atoms with Gasteiger partial charge in [-0.3, -0.25) is 4.79 Å². The number of ether oxygens (including phenoxy) is 1. The summed E-state index contributed by atoms with van der Waals surface area (Å²) in [5, 5.41) is 9.10. The molecule has 0 aliphatic rings. The van der Waals surface area contributed by atoms with Crippen LogP contribution in [0.5, 0.6) is 11.5 Å². The van der Waals surface area contributed by atoms with E-state index in [9.17, 15) is 9.59 Å². The number of aldehydes is 1. The zero-order valence-electron chi connectivity index (χ0n) is 14.7. The van der Waals surface area contributed by atoms with Crippen molar-refractivity contribution in [3.8, 4) is 11.5 Å². The highest BCUT2D eigenvalue weighted by Crippen LogP contribution is 2.17. The van der Waals surface area contributed by atoms with Gasteiger partial charge in [0, 0.05) is 5.56 Å². The summed E-state index contributed by atoms with van der Waals surface area (Å²) in [6, 6.07) is 20.6. The average Bonchev–Trinajstić information content (AvgIpc) is 2.65. The van der Waals surface area contributed by atoms with Crippen molar-refractivity contribution in [1.82, 2.24) is 0 Å². The van der Waals surface area contributed by atoms with Crippen LogP contribution in [0.1, 0.15) is 31.8 Å². The van der Waals surface area contributed by atoms with Crippen LogP contribution in [0.25, 0.3) is 0 Å². The van der Waals surface area contributed by atoms with Gasteiger partial charge in [0.2, 0.25) is 0 Å². The number of hydrogen-bond donors (Lipinski definition) is 1. The Kier molecular flexibility index (Phi) is 6.68. The van der Waals surface area contributed by atoms with Crippen molar-refractivity contribution < 1.29 is 19.4 Å². The van der Waals surface area contributed by atoms with Gasteiger partial charge in [0.1, 0.15) is 17.8 Å². The molecule has 4 heteroatoms. The highest BCUT2D eigenvalue weighted by molar-refractivity contribution is 5.91. The first-order valence-corrected chi connectivity index (χ1v) is 8.07. The molecular formula is C22H20O4. The summed E-state index contributed by atoms with van der Waals surface area (Å²) in [4.78, 5) is 21.8. The first kappa shape index (κ1) is 18.9. The lowest BCUT2D eigenvalue weighted by molar-refractivity contribution is 0.0734. The molecular weight excluding hydrogens is 328 g/mol. The van der Waals surface area contributed by atoms with E-state index in [1.54, 1.807) is 24.3 Å². The predicted octanol–water partition coefficient (Wildman–Crippen LogP) is 4.73. The number of aryl methyl sites for hydroxylation is 2. The minimum atomic E-state index is -0.407. The van der Waals surface area contributed by atoms with E-state index in [2.05, 4.69) is 0 Å². The van der Waals surface area contributed by atoms with Crippen molar-refractivity contribution in [3.63, 3.8) is 0 Å². The summed E-state index contributed by atoms with van der Waals surface area (Å²) in [7, 11) is 0. The maximum atomic E-state index is 11.7. The largest absolute Gasteiger partial charge is 0.508 e. The van der Waals surface area contributed by atoms with Crippen LogP contribution in [0.15, 0.2) is 72.8 Å². The molecule has 3 aromatic carbocycles. The highest BCUT2D eigenvalue weighted by Gasteiger charge is 2.07. The molecule has 0 heterocycles. The van der Waals surface area contributed by atoms with Gasteiger partial charge in [-0.15, -0.1) is 0 Å². The molecule has 3 rings (SSSR count). The van der Waals surface area contributed by atoms with Crippen molar-refractivity contribution in [2.75, 3.05) is 0 Å². The van der Waals surface area contributed by atoms with Crippen LogP contribution in [-0.2, 0) is 0 Å². The number of phenols is 1. The van der Waals surface area contributed by atoms with Crippen molar-refractivity contribution in [1.29, 1.82) is 0 Å². The Hall–Kier alpha value is -3.40.